The number of hydrogen-bond donors (Lipinski definition) is 2. The van der Waals surface area contributed by atoms with Gasteiger partial charge in [-0.1, -0.05) is 42.0 Å². The predicted octanol–water partition coefficient (Wildman–Crippen LogP) is 2.18. The SMILES string of the molecule is COCC(N)C(=O)NC(c1ccc(C)cc1)c1ccc(OC)cc1. The van der Waals surface area contributed by atoms with E-state index in [-0.39, 0.29) is 18.6 Å². The first-order chi connectivity index (χ1) is 11.5. The molecule has 0 saturated heterocycles. The number of nitrogens with one attached hydrogen (secondary N) is 1. The fraction of sp³-hybridized carbons (Fsp3) is 0.316. The van der Waals surface area contributed by atoms with Crippen LogP contribution in [0, 0.1) is 6.92 Å². The molecule has 3 N–H and O–H groups in total. The van der Waals surface area contributed by atoms with E-state index in [2.05, 4.69) is 5.32 Å². The molecule has 0 aromatic heterocycles. The minimum atomic E-state index is -0.707. The van der Waals surface area contributed by atoms with Gasteiger partial charge in [-0.15, -0.1) is 0 Å². The molecule has 0 saturated carbocycles. The summed E-state index contributed by atoms with van der Waals surface area (Å²) >= 11 is 0. The van der Waals surface area contributed by atoms with E-state index >= 15 is 0 Å². The van der Waals surface area contributed by atoms with Crippen LogP contribution >= 0.6 is 0 Å². The first kappa shape index (κ1) is 18.0. The van der Waals surface area contributed by atoms with E-state index in [0.717, 1.165) is 22.4 Å². The molecule has 24 heavy (non-hydrogen) atoms. The summed E-state index contributed by atoms with van der Waals surface area (Å²) in [6.07, 6.45) is 0. The number of nitrogens with two attached hydrogens (primary N) is 1. The first-order valence-corrected chi connectivity index (χ1v) is 7.80. The van der Waals surface area contributed by atoms with Gasteiger partial charge < -0.3 is 20.5 Å². The predicted molar refractivity (Wildman–Crippen MR) is 94.0 cm³/mol. The van der Waals surface area contributed by atoms with E-state index in [1.165, 1.54) is 7.11 Å². The van der Waals surface area contributed by atoms with Crippen LogP contribution in [-0.2, 0) is 9.53 Å². The number of carbonyl (C=O) groups is 1. The molecule has 0 aliphatic heterocycles. The largest absolute Gasteiger partial charge is 0.497 e. The Labute approximate surface area is 142 Å². The van der Waals surface area contributed by atoms with E-state index < -0.39 is 6.04 Å². The van der Waals surface area contributed by atoms with E-state index in [4.69, 9.17) is 15.2 Å². The van der Waals surface area contributed by atoms with E-state index in [9.17, 15) is 4.79 Å². The van der Waals surface area contributed by atoms with Crippen molar-refractivity contribution in [2.24, 2.45) is 5.73 Å². The summed E-state index contributed by atoms with van der Waals surface area (Å²) in [4.78, 5) is 12.3. The average molecular weight is 328 g/mol. The second-order valence-electron chi connectivity index (χ2n) is 5.69. The molecule has 2 aromatic carbocycles. The van der Waals surface area contributed by atoms with Crippen LogP contribution in [0.2, 0.25) is 0 Å². The van der Waals surface area contributed by atoms with Crippen LogP contribution in [-0.4, -0.2) is 32.8 Å². The van der Waals surface area contributed by atoms with Gasteiger partial charge in [-0.2, -0.15) is 0 Å². The Hall–Kier alpha value is -2.37. The van der Waals surface area contributed by atoms with Gasteiger partial charge in [-0.05, 0) is 30.2 Å². The fourth-order valence-electron chi connectivity index (χ4n) is 2.42. The quantitative estimate of drug-likeness (QED) is 0.817. The van der Waals surface area contributed by atoms with Crippen LogP contribution < -0.4 is 15.8 Å². The zero-order valence-electron chi connectivity index (χ0n) is 14.3. The van der Waals surface area contributed by atoms with Gasteiger partial charge in [0, 0.05) is 7.11 Å². The summed E-state index contributed by atoms with van der Waals surface area (Å²) in [6.45, 7) is 2.20. The fourth-order valence-corrected chi connectivity index (χ4v) is 2.42. The van der Waals surface area contributed by atoms with Crippen molar-refractivity contribution in [2.75, 3.05) is 20.8 Å². The molecular formula is C19H24N2O3. The lowest BCUT2D eigenvalue weighted by Gasteiger charge is -2.22. The molecule has 0 bridgehead atoms. The molecule has 0 fully saturated rings. The van der Waals surface area contributed by atoms with Crippen LogP contribution in [0.4, 0.5) is 0 Å². The van der Waals surface area contributed by atoms with Crippen LogP contribution in [0.25, 0.3) is 0 Å². The summed E-state index contributed by atoms with van der Waals surface area (Å²) in [5.41, 5.74) is 8.95. The van der Waals surface area contributed by atoms with Crippen molar-refractivity contribution in [3.63, 3.8) is 0 Å². The lowest BCUT2D eigenvalue weighted by molar-refractivity contribution is -0.123. The van der Waals surface area contributed by atoms with Gasteiger partial charge in [0.2, 0.25) is 5.91 Å². The van der Waals surface area contributed by atoms with Crippen LogP contribution in [0.1, 0.15) is 22.7 Å². The lowest BCUT2D eigenvalue weighted by Crippen LogP contribution is -2.45. The summed E-state index contributed by atoms with van der Waals surface area (Å²) in [6, 6.07) is 14.7. The summed E-state index contributed by atoms with van der Waals surface area (Å²) in [5.74, 6) is 0.516. The van der Waals surface area contributed by atoms with Crippen molar-refractivity contribution in [1.29, 1.82) is 0 Å². The van der Waals surface area contributed by atoms with Crippen molar-refractivity contribution in [3.8, 4) is 5.75 Å². The Morgan fingerprint density at radius 2 is 1.58 bits per heavy atom. The van der Waals surface area contributed by atoms with Gasteiger partial charge in [-0.25, -0.2) is 0 Å². The molecule has 2 aromatic rings. The molecule has 2 atom stereocenters. The molecule has 1 amide bonds. The summed E-state index contributed by atoms with van der Waals surface area (Å²) in [5, 5.41) is 3.01. The number of carbonyl (C=O) groups excluding carboxylic acids is 1. The molecule has 0 spiro atoms. The number of rotatable bonds is 7. The van der Waals surface area contributed by atoms with Gasteiger partial charge >= 0.3 is 0 Å². The van der Waals surface area contributed by atoms with Gasteiger partial charge in [-0.3, -0.25) is 4.79 Å². The van der Waals surface area contributed by atoms with Crippen molar-refractivity contribution in [3.05, 3.63) is 65.2 Å². The smallest absolute Gasteiger partial charge is 0.240 e. The number of hydrogen-bond acceptors (Lipinski definition) is 4. The Bertz CT molecular complexity index is 653. The molecule has 0 aliphatic rings. The molecule has 5 nitrogen and oxygen atoms in total. The number of ether oxygens (including phenoxy) is 2. The third-order valence-electron chi connectivity index (χ3n) is 3.83. The zero-order chi connectivity index (χ0) is 17.5. The molecule has 2 rings (SSSR count). The summed E-state index contributed by atoms with van der Waals surface area (Å²) in [7, 11) is 3.14. The van der Waals surface area contributed by atoms with Gasteiger partial charge in [0.1, 0.15) is 11.8 Å². The highest BCUT2D eigenvalue weighted by atomic mass is 16.5. The lowest BCUT2D eigenvalue weighted by atomic mass is 9.97. The monoisotopic (exact) mass is 328 g/mol. The maximum atomic E-state index is 12.3. The summed E-state index contributed by atoms with van der Waals surface area (Å²) < 4.78 is 10.2. The molecular weight excluding hydrogens is 304 g/mol. The minimum absolute atomic E-state index is 0.176. The number of methoxy groups -OCH3 is 2. The van der Waals surface area contributed by atoms with Crippen LogP contribution in [0.15, 0.2) is 48.5 Å². The minimum Gasteiger partial charge on any atom is -0.497 e. The van der Waals surface area contributed by atoms with Crippen molar-refractivity contribution in [2.45, 2.75) is 19.0 Å². The molecule has 5 heteroatoms. The highest BCUT2D eigenvalue weighted by Gasteiger charge is 2.21. The first-order valence-electron chi connectivity index (χ1n) is 7.80. The van der Waals surface area contributed by atoms with E-state index in [1.807, 2.05) is 55.5 Å². The van der Waals surface area contributed by atoms with Crippen molar-refractivity contribution in [1.82, 2.24) is 5.32 Å². The third-order valence-corrected chi connectivity index (χ3v) is 3.83. The molecule has 128 valence electrons. The molecule has 0 heterocycles. The number of benzene rings is 2. The Morgan fingerprint density at radius 3 is 2.08 bits per heavy atom. The molecule has 2 unspecified atom stereocenters. The van der Waals surface area contributed by atoms with Gasteiger partial charge in [0.25, 0.3) is 0 Å². The Morgan fingerprint density at radius 1 is 1.04 bits per heavy atom. The standard InChI is InChI=1S/C19H24N2O3/c1-13-4-6-14(7-5-13)18(21-19(22)17(20)12-23-2)15-8-10-16(24-3)11-9-15/h4-11,17-18H,12,20H2,1-3H3,(H,21,22). The van der Waals surface area contributed by atoms with Gasteiger partial charge in [0.15, 0.2) is 0 Å². The highest BCUT2D eigenvalue weighted by Crippen LogP contribution is 2.24. The number of amides is 1. The second kappa shape index (κ2) is 8.47. The second-order valence-corrected chi connectivity index (χ2v) is 5.69. The Balaban J connectivity index is 2.29. The van der Waals surface area contributed by atoms with Crippen molar-refractivity contribution >= 4 is 5.91 Å². The normalized spacial score (nSPS) is 13.2. The van der Waals surface area contributed by atoms with Crippen molar-refractivity contribution < 1.29 is 14.3 Å². The molecule has 0 radical (unpaired) electrons. The van der Waals surface area contributed by atoms with E-state index in [1.54, 1.807) is 7.11 Å². The van der Waals surface area contributed by atoms with E-state index in [0.29, 0.717) is 0 Å². The third kappa shape index (κ3) is 4.57. The molecule has 0 aliphatic carbocycles. The van der Waals surface area contributed by atoms with Crippen LogP contribution in [0.5, 0.6) is 5.75 Å². The maximum Gasteiger partial charge on any atom is 0.240 e. The average Bonchev–Trinajstić information content (AvgIpc) is 2.60. The zero-order valence-corrected chi connectivity index (χ0v) is 14.3. The van der Waals surface area contributed by atoms with Crippen LogP contribution in [0.3, 0.4) is 0 Å². The topological polar surface area (TPSA) is 73.6 Å². The number of aryl methyl sites for hydroxylation is 1. The Kier molecular flexibility index (Phi) is 6.35. The maximum absolute atomic E-state index is 12.3. The van der Waals surface area contributed by atoms with Gasteiger partial charge in [0.05, 0.1) is 19.8 Å². The highest BCUT2D eigenvalue weighted by molar-refractivity contribution is 5.82.